The first-order chi connectivity index (χ1) is 9.22. The summed E-state index contributed by atoms with van der Waals surface area (Å²) in [5, 5.41) is 11.0. The van der Waals surface area contributed by atoms with Gasteiger partial charge in [-0.05, 0) is 49.4 Å². The molecule has 0 aliphatic carbocycles. The molecular weight excluding hydrogens is 276 g/mol. The molecule has 0 aromatic heterocycles. The zero-order chi connectivity index (χ0) is 15.1. The van der Waals surface area contributed by atoms with E-state index < -0.39 is 4.92 Å². The van der Waals surface area contributed by atoms with Crippen molar-refractivity contribution in [2.45, 2.75) is 38.6 Å². The molecule has 0 radical (unpaired) electrons. The van der Waals surface area contributed by atoms with E-state index in [1.54, 1.807) is 0 Å². The van der Waals surface area contributed by atoms with E-state index in [9.17, 15) is 10.1 Å². The molecular formula is C15H19ClN2O2. The quantitative estimate of drug-likeness (QED) is 0.603. The van der Waals surface area contributed by atoms with Gasteiger partial charge in [0.15, 0.2) is 0 Å². The number of halogens is 1. The maximum Gasteiger partial charge on any atom is 0.235 e. The summed E-state index contributed by atoms with van der Waals surface area (Å²) in [6.45, 7) is 6.60. The summed E-state index contributed by atoms with van der Waals surface area (Å²) < 4.78 is 0. The Morgan fingerprint density at radius 1 is 1.50 bits per heavy atom. The van der Waals surface area contributed by atoms with Crippen LogP contribution in [0.2, 0.25) is 5.02 Å². The second-order valence-corrected chi connectivity index (χ2v) is 6.42. The summed E-state index contributed by atoms with van der Waals surface area (Å²) >= 11 is 6.25. The Balaban J connectivity index is 2.51. The van der Waals surface area contributed by atoms with Crippen molar-refractivity contribution in [2.75, 3.05) is 11.9 Å². The van der Waals surface area contributed by atoms with Crippen molar-refractivity contribution >= 4 is 23.4 Å². The van der Waals surface area contributed by atoms with Crippen molar-refractivity contribution < 1.29 is 4.92 Å². The van der Waals surface area contributed by atoms with Crippen LogP contribution >= 0.6 is 11.6 Å². The molecule has 108 valence electrons. The minimum absolute atomic E-state index is 0.0773. The lowest BCUT2D eigenvalue weighted by molar-refractivity contribution is -0.400. The lowest BCUT2D eigenvalue weighted by Crippen LogP contribution is -2.45. The van der Waals surface area contributed by atoms with Crippen LogP contribution < -0.4 is 4.90 Å². The highest BCUT2D eigenvalue weighted by Crippen LogP contribution is 2.44. The molecule has 1 aromatic carbocycles. The van der Waals surface area contributed by atoms with Gasteiger partial charge in [0.25, 0.3) is 0 Å². The normalized spacial score (nSPS) is 21.1. The Bertz CT molecular complexity index is 581. The van der Waals surface area contributed by atoms with Gasteiger partial charge in [0, 0.05) is 24.4 Å². The van der Waals surface area contributed by atoms with Crippen LogP contribution in [0.5, 0.6) is 0 Å². The van der Waals surface area contributed by atoms with E-state index in [2.05, 4.69) is 32.7 Å². The highest BCUT2D eigenvalue weighted by atomic mass is 35.5. The summed E-state index contributed by atoms with van der Waals surface area (Å²) in [6.07, 6.45) is 3.42. The van der Waals surface area contributed by atoms with Crippen LogP contribution in [0.4, 0.5) is 5.69 Å². The zero-order valence-corrected chi connectivity index (χ0v) is 12.9. The first-order valence-corrected chi connectivity index (χ1v) is 6.99. The number of rotatable bonds is 2. The lowest BCUT2D eigenvalue weighted by Gasteiger charge is -2.45. The molecule has 1 heterocycles. The number of fused-ring (bicyclic) bond motifs is 1. The summed E-state index contributed by atoms with van der Waals surface area (Å²) in [6, 6.07) is 3.88. The molecule has 0 spiro atoms. The second-order valence-electron chi connectivity index (χ2n) is 6.01. The van der Waals surface area contributed by atoms with E-state index in [4.69, 9.17) is 11.6 Å². The summed E-state index contributed by atoms with van der Waals surface area (Å²) in [4.78, 5) is 12.2. The Morgan fingerprint density at radius 3 is 2.75 bits per heavy atom. The van der Waals surface area contributed by atoms with Crippen molar-refractivity contribution in [2.24, 2.45) is 0 Å². The van der Waals surface area contributed by atoms with Gasteiger partial charge >= 0.3 is 0 Å². The van der Waals surface area contributed by atoms with Gasteiger partial charge in [0.1, 0.15) is 0 Å². The smallest absolute Gasteiger partial charge is 0.235 e. The first kappa shape index (κ1) is 14.9. The van der Waals surface area contributed by atoms with Gasteiger partial charge in [-0.2, -0.15) is 0 Å². The molecule has 20 heavy (non-hydrogen) atoms. The van der Waals surface area contributed by atoms with Gasteiger partial charge < -0.3 is 4.90 Å². The maximum atomic E-state index is 10.4. The van der Waals surface area contributed by atoms with Gasteiger partial charge in [-0.3, -0.25) is 10.1 Å². The minimum atomic E-state index is -0.478. The third-order valence-electron chi connectivity index (χ3n) is 4.13. The molecule has 0 fully saturated rings. The topological polar surface area (TPSA) is 46.4 Å². The molecule has 0 bridgehead atoms. The van der Waals surface area contributed by atoms with E-state index in [1.807, 2.05) is 12.1 Å². The van der Waals surface area contributed by atoms with E-state index in [-0.39, 0.29) is 5.54 Å². The molecule has 4 nitrogen and oxygen atoms in total. The van der Waals surface area contributed by atoms with Gasteiger partial charge in [0.2, 0.25) is 6.20 Å². The van der Waals surface area contributed by atoms with Crippen LogP contribution in [0.1, 0.15) is 44.2 Å². The number of nitro groups is 1. The largest absolute Gasteiger partial charge is 0.369 e. The fourth-order valence-corrected chi connectivity index (χ4v) is 3.09. The number of hydrogen-bond acceptors (Lipinski definition) is 3. The van der Waals surface area contributed by atoms with Crippen LogP contribution in [-0.2, 0) is 0 Å². The lowest BCUT2D eigenvalue weighted by atomic mass is 9.80. The Hall–Kier alpha value is -1.55. The maximum absolute atomic E-state index is 10.4. The van der Waals surface area contributed by atoms with Gasteiger partial charge in [-0.15, -0.1) is 0 Å². The molecule has 1 aliphatic rings. The van der Waals surface area contributed by atoms with E-state index >= 15 is 0 Å². The van der Waals surface area contributed by atoms with E-state index in [0.29, 0.717) is 16.5 Å². The van der Waals surface area contributed by atoms with Crippen molar-refractivity contribution in [3.8, 4) is 0 Å². The van der Waals surface area contributed by atoms with Crippen LogP contribution in [0.25, 0.3) is 6.08 Å². The third kappa shape index (κ3) is 2.66. The van der Waals surface area contributed by atoms with Crippen molar-refractivity contribution in [1.29, 1.82) is 0 Å². The fourth-order valence-electron chi connectivity index (χ4n) is 2.87. The van der Waals surface area contributed by atoms with E-state index in [1.165, 1.54) is 11.6 Å². The predicted molar refractivity (Wildman–Crippen MR) is 83.0 cm³/mol. The highest BCUT2D eigenvalue weighted by Gasteiger charge is 2.34. The SMILES string of the molecule is CC1CC(C)(C)N(C)c2cc(Cl)c(/C=C/[N+](=O)[O-])cc21. The summed E-state index contributed by atoms with van der Waals surface area (Å²) in [5.74, 6) is 0.399. The third-order valence-corrected chi connectivity index (χ3v) is 4.46. The average molecular weight is 295 g/mol. The number of benzene rings is 1. The monoisotopic (exact) mass is 294 g/mol. The fraction of sp³-hybridized carbons (Fsp3) is 0.467. The minimum Gasteiger partial charge on any atom is -0.369 e. The summed E-state index contributed by atoms with van der Waals surface area (Å²) in [7, 11) is 2.06. The average Bonchev–Trinajstić information content (AvgIpc) is 2.33. The number of anilines is 1. The summed E-state index contributed by atoms with van der Waals surface area (Å²) in [5.41, 5.74) is 3.08. The molecule has 0 saturated heterocycles. The van der Waals surface area contributed by atoms with Crippen molar-refractivity contribution in [3.63, 3.8) is 0 Å². The van der Waals surface area contributed by atoms with Crippen molar-refractivity contribution in [1.82, 2.24) is 0 Å². The predicted octanol–water partition coefficient (Wildman–Crippen LogP) is 4.31. The zero-order valence-electron chi connectivity index (χ0n) is 12.2. The van der Waals surface area contributed by atoms with Crippen LogP contribution in [0.3, 0.4) is 0 Å². The van der Waals surface area contributed by atoms with Crippen molar-refractivity contribution in [3.05, 3.63) is 44.6 Å². The molecule has 1 aromatic rings. The van der Waals surface area contributed by atoms with Gasteiger partial charge in [-0.1, -0.05) is 18.5 Å². The molecule has 5 heteroatoms. The van der Waals surface area contributed by atoms with E-state index in [0.717, 1.165) is 18.3 Å². The molecule has 0 saturated carbocycles. The van der Waals surface area contributed by atoms with Crippen LogP contribution in [0.15, 0.2) is 18.3 Å². The molecule has 2 rings (SSSR count). The number of hydrogen-bond donors (Lipinski definition) is 0. The molecule has 1 atom stereocenters. The Kier molecular flexibility index (Phi) is 3.78. The Labute approximate surface area is 124 Å². The van der Waals surface area contributed by atoms with Crippen LogP contribution in [-0.4, -0.2) is 17.5 Å². The first-order valence-electron chi connectivity index (χ1n) is 6.61. The highest BCUT2D eigenvalue weighted by molar-refractivity contribution is 6.32. The standard InChI is InChI=1S/C15H19ClN2O2/c1-10-9-15(2,3)17(4)14-8-13(16)11(7-12(10)14)5-6-18(19)20/h5-8,10H,9H2,1-4H3/b6-5+. The second kappa shape index (κ2) is 5.09. The van der Waals surface area contributed by atoms with Crippen LogP contribution in [0, 0.1) is 10.1 Å². The molecule has 0 N–H and O–H groups in total. The molecule has 1 aliphatic heterocycles. The van der Waals surface area contributed by atoms with Gasteiger partial charge in [-0.25, -0.2) is 0 Å². The molecule has 0 amide bonds. The number of nitrogens with zero attached hydrogens (tertiary/aromatic N) is 2. The molecule has 1 unspecified atom stereocenters. The Morgan fingerprint density at radius 2 is 2.15 bits per heavy atom. The van der Waals surface area contributed by atoms with Gasteiger partial charge in [0.05, 0.1) is 9.95 Å².